The van der Waals surface area contributed by atoms with E-state index in [0.717, 1.165) is 11.8 Å². The van der Waals surface area contributed by atoms with Gasteiger partial charge in [0.1, 0.15) is 5.03 Å². The lowest BCUT2D eigenvalue weighted by Gasteiger charge is -2.13. The number of alkyl halides is 3. The van der Waals surface area contributed by atoms with Crippen LogP contribution in [-0.4, -0.2) is 43.0 Å². The zero-order valence-corrected chi connectivity index (χ0v) is 13.7. The number of hydrogen-bond acceptors (Lipinski definition) is 7. The van der Waals surface area contributed by atoms with E-state index in [-0.39, 0.29) is 22.0 Å². The number of carbonyl (C=O) groups excluding carboxylic acids is 1. The normalized spacial score (nSPS) is 11.4. The van der Waals surface area contributed by atoms with Gasteiger partial charge in [0.15, 0.2) is 11.5 Å². The number of halogens is 3. The predicted octanol–water partition coefficient (Wildman–Crippen LogP) is 2.93. The van der Waals surface area contributed by atoms with Crippen LogP contribution in [0.2, 0.25) is 0 Å². The van der Waals surface area contributed by atoms with Crippen molar-refractivity contribution in [2.75, 3.05) is 27.1 Å². The first-order valence-electron chi connectivity index (χ1n) is 6.50. The second-order valence-corrected chi connectivity index (χ2v) is 5.40. The van der Waals surface area contributed by atoms with Crippen molar-refractivity contribution in [1.82, 2.24) is 9.97 Å². The Morgan fingerprint density at radius 2 is 1.75 bits per heavy atom. The predicted molar refractivity (Wildman–Crippen MR) is 80.4 cm³/mol. The summed E-state index contributed by atoms with van der Waals surface area (Å²) in [4.78, 5) is 18.3. The number of methoxy groups -OCH3 is 3. The minimum Gasteiger partial charge on any atom is -0.493 e. The number of esters is 1. The summed E-state index contributed by atoms with van der Waals surface area (Å²) in [6.07, 6.45) is -4.72. The number of thioether (sulfide) groups is 1. The van der Waals surface area contributed by atoms with Gasteiger partial charge in [0.05, 0.1) is 32.6 Å². The Hall–Kier alpha value is -2.23. The molecule has 2 rings (SSSR count). The molecule has 0 unspecified atom stereocenters. The third-order valence-corrected chi connectivity index (χ3v) is 3.94. The van der Waals surface area contributed by atoms with E-state index in [9.17, 15) is 18.0 Å². The van der Waals surface area contributed by atoms with Crippen molar-refractivity contribution in [1.29, 1.82) is 0 Å². The quantitative estimate of drug-likeness (QED) is 0.460. The highest BCUT2D eigenvalue weighted by molar-refractivity contribution is 8.00. The molecule has 10 heteroatoms. The number of fused-ring (bicyclic) bond motifs is 1. The van der Waals surface area contributed by atoms with Gasteiger partial charge in [-0.3, -0.25) is 4.79 Å². The topological polar surface area (TPSA) is 70.5 Å². The van der Waals surface area contributed by atoms with Gasteiger partial charge in [0, 0.05) is 11.5 Å². The molecule has 0 aliphatic heterocycles. The van der Waals surface area contributed by atoms with Crippen LogP contribution in [0.5, 0.6) is 11.5 Å². The molecular weight excluding hydrogens is 349 g/mol. The van der Waals surface area contributed by atoms with Crippen molar-refractivity contribution in [3.63, 3.8) is 0 Å². The van der Waals surface area contributed by atoms with E-state index in [0.29, 0.717) is 11.1 Å². The van der Waals surface area contributed by atoms with Crippen LogP contribution < -0.4 is 9.47 Å². The largest absolute Gasteiger partial charge is 0.493 e. The number of rotatable bonds is 5. The summed E-state index contributed by atoms with van der Waals surface area (Å²) in [6, 6.07) is 2.79. The zero-order chi connectivity index (χ0) is 17.9. The van der Waals surface area contributed by atoms with E-state index in [1.54, 1.807) is 0 Å². The van der Waals surface area contributed by atoms with E-state index in [4.69, 9.17) is 9.47 Å². The van der Waals surface area contributed by atoms with Crippen molar-refractivity contribution >= 4 is 28.6 Å². The molecule has 24 heavy (non-hydrogen) atoms. The highest BCUT2D eigenvalue weighted by Gasteiger charge is 2.36. The first-order chi connectivity index (χ1) is 11.3. The van der Waals surface area contributed by atoms with Gasteiger partial charge in [0.2, 0.25) is 5.82 Å². The second kappa shape index (κ2) is 7.12. The average molecular weight is 362 g/mol. The van der Waals surface area contributed by atoms with Crippen LogP contribution in [0.15, 0.2) is 17.2 Å². The molecule has 0 saturated heterocycles. The maximum absolute atomic E-state index is 13.0. The third-order valence-electron chi connectivity index (χ3n) is 2.97. The number of carbonyl (C=O) groups is 1. The van der Waals surface area contributed by atoms with Crippen LogP contribution in [0.1, 0.15) is 5.82 Å². The molecule has 0 N–H and O–H groups in total. The Kier molecular flexibility index (Phi) is 5.37. The first-order valence-corrected chi connectivity index (χ1v) is 7.49. The highest BCUT2D eigenvalue weighted by atomic mass is 32.2. The number of nitrogens with zero attached hydrogens (tertiary/aromatic N) is 2. The lowest BCUT2D eigenvalue weighted by atomic mass is 10.2. The van der Waals surface area contributed by atoms with Crippen LogP contribution >= 0.6 is 11.8 Å². The van der Waals surface area contributed by atoms with E-state index < -0.39 is 18.0 Å². The summed E-state index contributed by atoms with van der Waals surface area (Å²) >= 11 is 0.823. The minimum atomic E-state index is -4.72. The molecule has 1 heterocycles. The molecule has 0 spiro atoms. The summed E-state index contributed by atoms with van der Waals surface area (Å²) in [6.45, 7) is 0. The van der Waals surface area contributed by atoms with Gasteiger partial charge < -0.3 is 14.2 Å². The van der Waals surface area contributed by atoms with Crippen molar-refractivity contribution in [2.24, 2.45) is 0 Å². The highest BCUT2D eigenvalue weighted by Crippen LogP contribution is 2.37. The Bertz CT molecular complexity index is 768. The molecule has 1 aromatic carbocycles. The van der Waals surface area contributed by atoms with E-state index in [1.165, 1.54) is 33.5 Å². The fraction of sp³-hybridized carbons (Fsp3) is 0.357. The van der Waals surface area contributed by atoms with E-state index in [2.05, 4.69) is 14.7 Å². The van der Waals surface area contributed by atoms with Crippen LogP contribution in [-0.2, 0) is 15.7 Å². The summed E-state index contributed by atoms with van der Waals surface area (Å²) < 4.78 is 53.7. The van der Waals surface area contributed by atoms with Gasteiger partial charge in [-0.05, 0) is 6.07 Å². The Morgan fingerprint density at radius 3 is 2.29 bits per heavy atom. The summed E-state index contributed by atoms with van der Waals surface area (Å²) in [5.41, 5.74) is 0.0299. The van der Waals surface area contributed by atoms with Crippen LogP contribution in [0, 0.1) is 0 Å². The van der Waals surface area contributed by atoms with Crippen molar-refractivity contribution in [3.05, 3.63) is 18.0 Å². The molecule has 0 atom stereocenters. The van der Waals surface area contributed by atoms with Gasteiger partial charge in [-0.1, -0.05) is 11.8 Å². The molecule has 6 nitrogen and oxygen atoms in total. The summed E-state index contributed by atoms with van der Waals surface area (Å²) in [7, 11) is 3.95. The molecule has 0 amide bonds. The summed E-state index contributed by atoms with van der Waals surface area (Å²) in [5.74, 6) is -1.52. The zero-order valence-electron chi connectivity index (χ0n) is 12.9. The van der Waals surface area contributed by atoms with Crippen LogP contribution in [0.25, 0.3) is 10.9 Å². The summed E-state index contributed by atoms with van der Waals surface area (Å²) in [5, 5.41) is 0.313. The van der Waals surface area contributed by atoms with E-state index in [1.807, 2.05) is 0 Å². The molecule has 0 aliphatic carbocycles. The van der Waals surface area contributed by atoms with Gasteiger partial charge in [0.25, 0.3) is 0 Å². The van der Waals surface area contributed by atoms with Crippen molar-refractivity contribution in [2.45, 2.75) is 11.2 Å². The lowest BCUT2D eigenvalue weighted by Crippen LogP contribution is -2.12. The van der Waals surface area contributed by atoms with Gasteiger partial charge >= 0.3 is 12.1 Å². The average Bonchev–Trinajstić information content (AvgIpc) is 2.56. The molecule has 130 valence electrons. The standard InChI is InChI=1S/C14H13F3N2O4S/c1-21-9-4-7-8(5-10(9)22-2)18-13(14(15,16)17)19-12(7)24-6-11(20)23-3/h4-5H,6H2,1-3H3. The monoisotopic (exact) mass is 362 g/mol. The molecule has 2 aromatic rings. The SMILES string of the molecule is COC(=O)CSc1nc(C(F)(F)F)nc2cc(OC)c(OC)cc12. The maximum Gasteiger partial charge on any atom is 0.451 e. The van der Waals surface area contributed by atoms with Gasteiger partial charge in [-0.25, -0.2) is 9.97 Å². The van der Waals surface area contributed by atoms with E-state index >= 15 is 0 Å². The van der Waals surface area contributed by atoms with Crippen LogP contribution in [0.4, 0.5) is 13.2 Å². The lowest BCUT2D eigenvalue weighted by molar-refractivity contribution is -0.145. The van der Waals surface area contributed by atoms with Crippen molar-refractivity contribution < 1.29 is 32.2 Å². The maximum atomic E-state index is 13.0. The smallest absolute Gasteiger partial charge is 0.451 e. The molecule has 0 aliphatic rings. The molecule has 1 aromatic heterocycles. The first kappa shape index (κ1) is 18.1. The molecule has 0 bridgehead atoms. The number of benzene rings is 1. The Balaban J connectivity index is 2.63. The fourth-order valence-electron chi connectivity index (χ4n) is 1.85. The second-order valence-electron chi connectivity index (χ2n) is 4.44. The number of aromatic nitrogens is 2. The van der Waals surface area contributed by atoms with Gasteiger partial charge in [-0.2, -0.15) is 13.2 Å². The number of hydrogen-bond donors (Lipinski definition) is 0. The van der Waals surface area contributed by atoms with Gasteiger partial charge in [-0.15, -0.1) is 0 Å². The van der Waals surface area contributed by atoms with Crippen molar-refractivity contribution in [3.8, 4) is 11.5 Å². The Labute approximate surface area is 139 Å². The molecule has 0 radical (unpaired) electrons. The Morgan fingerprint density at radius 1 is 1.12 bits per heavy atom. The fourth-order valence-corrected chi connectivity index (χ4v) is 2.69. The van der Waals surface area contributed by atoms with Crippen LogP contribution in [0.3, 0.4) is 0 Å². The molecule has 0 saturated carbocycles. The third kappa shape index (κ3) is 3.81. The molecule has 0 fully saturated rings. The minimum absolute atomic E-state index is 0.00122. The number of ether oxygens (including phenoxy) is 3. The molecular formula is C14H13F3N2O4S.